The number of halogens is 3. The van der Waals surface area contributed by atoms with Crippen LogP contribution in [0.15, 0.2) is 35.2 Å². The highest BCUT2D eigenvalue weighted by molar-refractivity contribution is 7.89. The van der Waals surface area contributed by atoms with Gasteiger partial charge in [-0.05, 0) is 37.1 Å². The number of nitrogens with one attached hydrogen (secondary N) is 3. The molecule has 10 nitrogen and oxygen atoms in total. The summed E-state index contributed by atoms with van der Waals surface area (Å²) < 4.78 is 31.3. The highest BCUT2D eigenvalue weighted by Crippen LogP contribution is 2.38. The van der Waals surface area contributed by atoms with Gasteiger partial charge in [-0.15, -0.1) is 4.83 Å². The van der Waals surface area contributed by atoms with Gasteiger partial charge >= 0.3 is 0 Å². The highest BCUT2D eigenvalue weighted by atomic mass is 35.5. The lowest BCUT2D eigenvalue weighted by Gasteiger charge is -2.25. The fourth-order valence-corrected chi connectivity index (χ4v) is 5.66. The van der Waals surface area contributed by atoms with E-state index in [0.717, 1.165) is 17.7 Å². The van der Waals surface area contributed by atoms with Gasteiger partial charge in [-0.25, -0.2) is 18.3 Å². The Balaban J connectivity index is 1.90. The van der Waals surface area contributed by atoms with Crippen LogP contribution in [-0.2, 0) is 14.8 Å². The molecule has 1 saturated heterocycles. The average molecular weight is 548 g/mol. The van der Waals surface area contributed by atoms with Gasteiger partial charge in [-0.2, -0.15) is 5.26 Å². The van der Waals surface area contributed by atoms with E-state index >= 15 is 0 Å². The van der Waals surface area contributed by atoms with Crippen molar-refractivity contribution >= 4 is 62.2 Å². The number of hydrogen-bond acceptors (Lipinski definition) is 7. The zero-order valence-electron chi connectivity index (χ0n) is 17.8. The fourth-order valence-electron chi connectivity index (χ4n) is 3.50. The molecule has 2 aromatic rings. The zero-order chi connectivity index (χ0) is 25.0. The molecule has 1 aliphatic heterocycles. The first kappa shape index (κ1) is 26.3. The number of aromatic hydroxyl groups is 1. The first-order valence-corrected chi connectivity index (χ1v) is 12.5. The second kappa shape index (κ2) is 11.0. The monoisotopic (exact) mass is 546 g/mol. The molecule has 0 unspecified atom stereocenters. The lowest BCUT2D eigenvalue weighted by atomic mass is 10.2. The van der Waals surface area contributed by atoms with Gasteiger partial charge in [0.05, 0.1) is 33.0 Å². The maximum Gasteiger partial charge on any atom is 0.258 e. The van der Waals surface area contributed by atoms with Crippen LogP contribution in [0.5, 0.6) is 5.75 Å². The molecule has 1 aliphatic rings. The van der Waals surface area contributed by atoms with Gasteiger partial charge in [0.1, 0.15) is 4.90 Å². The third-order valence-corrected chi connectivity index (χ3v) is 7.74. The molecule has 1 fully saturated rings. The van der Waals surface area contributed by atoms with Gasteiger partial charge in [0.15, 0.2) is 11.9 Å². The molecule has 0 aromatic heterocycles. The second-order valence-electron chi connectivity index (χ2n) is 7.29. The van der Waals surface area contributed by atoms with Crippen molar-refractivity contribution in [2.75, 3.05) is 30.5 Å². The van der Waals surface area contributed by atoms with Crippen molar-refractivity contribution in [3.63, 3.8) is 0 Å². The summed E-state index contributed by atoms with van der Waals surface area (Å²) >= 11 is 18.3. The summed E-state index contributed by atoms with van der Waals surface area (Å²) in [6.07, 6.45) is 3.30. The van der Waals surface area contributed by atoms with Crippen molar-refractivity contribution < 1.29 is 18.3 Å². The Morgan fingerprint density at radius 1 is 1.32 bits per heavy atom. The predicted molar refractivity (Wildman–Crippen MR) is 131 cm³/mol. The van der Waals surface area contributed by atoms with E-state index in [1.807, 2.05) is 0 Å². The molecule has 1 atom stereocenters. The second-order valence-corrected chi connectivity index (χ2v) is 10.1. The van der Waals surface area contributed by atoms with Crippen molar-refractivity contribution in [1.82, 2.24) is 9.84 Å². The van der Waals surface area contributed by atoms with Crippen LogP contribution in [0.1, 0.15) is 12.8 Å². The van der Waals surface area contributed by atoms with E-state index in [4.69, 9.17) is 44.9 Å². The number of guanidine groups is 1. The molecule has 34 heavy (non-hydrogen) atoms. The first-order chi connectivity index (χ1) is 16.1. The molecular weight excluding hydrogens is 527 g/mol. The summed E-state index contributed by atoms with van der Waals surface area (Å²) in [4.78, 5) is 2.70. The van der Waals surface area contributed by atoms with Gasteiger partial charge in [0.25, 0.3) is 10.0 Å². The number of hydrogen-bond donors (Lipinski definition) is 4. The Morgan fingerprint density at radius 2 is 2.06 bits per heavy atom. The quantitative estimate of drug-likeness (QED) is 0.134. The summed E-state index contributed by atoms with van der Waals surface area (Å²) in [5.74, 6) is -1.23. The lowest BCUT2D eigenvalue weighted by molar-refractivity contribution is 0.104. The van der Waals surface area contributed by atoms with Crippen molar-refractivity contribution in [3.05, 3.63) is 45.4 Å². The molecule has 0 saturated carbocycles. The van der Waals surface area contributed by atoms with Crippen LogP contribution in [-0.4, -0.2) is 50.8 Å². The lowest BCUT2D eigenvalue weighted by Crippen LogP contribution is -2.46. The summed E-state index contributed by atoms with van der Waals surface area (Å²) in [7, 11) is -2.77. The number of methoxy groups -OCH3 is 1. The van der Waals surface area contributed by atoms with Crippen LogP contribution in [0.3, 0.4) is 0 Å². The number of benzene rings is 2. The Bertz CT molecular complexity index is 1240. The van der Waals surface area contributed by atoms with E-state index < -0.39 is 26.6 Å². The van der Waals surface area contributed by atoms with E-state index in [-0.39, 0.29) is 32.5 Å². The summed E-state index contributed by atoms with van der Waals surface area (Å²) in [6.45, 7) is 0.794. The van der Waals surface area contributed by atoms with E-state index in [1.54, 1.807) is 12.3 Å². The number of phenols is 1. The van der Waals surface area contributed by atoms with Crippen molar-refractivity contribution in [3.8, 4) is 11.9 Å². The molecule has 0 bridgehead atoms. The van der Waals surface area contributed by atoms with Gasteiger partial charge in [-0.3, -0.25) is 5.41 Å². The number of rotatable bonds is 7. The van der Waals surface area contributed by atoms with Crippen LogP contribution in [0.25, 0.3) is 0 Å². The SMILES string of the molecule is COC[C@H]1CCCN1NS(=O)(=O)c1c(Cl)ccc(NC(=N)N(C#N)c2cccc(Cl)c2Cl)c1O. The molecule has 0 spiro atoms. The third kappa shape index (κ3) is 5.50. The number of sulfonamides is 1. The first-order valence-electron chi connectivity index (χ1n) is 9.89. The minimum absolute atomic E-state index is 0.0429. The van der Waals surface area contributed by atoms with Crippen molar-refractivity contribution in [2.45, 2.75) is 23.8 Å². The van der Waals surface area contributed by atoms with E-state index in [9.17, 15) is 18.8 Å². The Morgan fingerprint density at radius 3 is 2.74 bits per heavy atom. The molecule has 4 N–H and O–H groups in total. The Labute approximate surface area is 212 Å². The minimum atomic E-state index is -4.29. The van der Waals surface area contributed by atoms with Crippen LogP contribution in [0.2, 0.25) is 15.1 Å². The van der Waals surface area contributed by atoms with E-state index in [1.165, 1.54) is 36.4 Å². The topological polar surface area (TPSA) is 142 Å². The summed E-state index contributed by atoms with van der Waals surface area (Å²) in [5, 5.41) is 32.6. The van der Waals surface area contributed by atoms with Gasteiger partial charge in [-0.1, -0.05) is 40.9 Å². The third-order valence-electron chi connectivity index (χ3n) is 5.07. The average Bonchev–Trinajstić information content (AvgIpc) is 3.19. The number of hydrazine groups is 1. The predicted octanol–water partition coefficient (Wildman–Crippen LogP) is 3.99. The van der Waals surface area contributed by atoms with Crippen LogP contribution < -0.4 is 15.0 Å². The zero-order valence-corrected chi connectivity index (χ0v) is 20.9. The van der Waals surface area contributed by atoms with Crippen molar-refractivity contribution in [1.29, 1.82) is 10.7 Å². The number of anilines is 2. The summed E-state index contributed by atoms with van der Waals surface area (Å²) in [6, 6.07) is 6.91. The molecule has 0 aliphatic carbocycles. The largest absolute Gasteiger partial charge is 0.504 e. The van der Waals surface area contributed by atoms with Crippen LogP contribution >= 0.6 is 34.8 Å². The molecular formula is C20H21Cl3N6O4S. The maximum absolute atomic E-state index is 13.1. The number of nitrogens with zero attached hydrogens (tertiary/aromatic N) is 3. The van der Waals surface area contributed by atoms with Crippen LogP contribution in [0, 0.1) is 16.9 Å². The van der Waals surface area contributed by atoms with E-state index in [0.29, 0.717) is 13.2 Å². The van der Waals surface area contributed by atoms with E-state index in [2.05, 4.69) is 10.1 Å². The van der Waals surface area contributed by atoms with Crippen LogP contribution in [0.4, 0.5) is 11.4 Å². The van der Waals surface area contributed by atoms with Gasteiger partial charge in [0.2, 0.25) is 5.96 Å². The number of phenolic OH excluding ortho intramolecular Hbond substituents is 1. The minimum Gasteiger partial charge on any atom is -0.504 e. The molecule has 0 radical (unpaired) electrons. The maximum atomic E-state index is 13.1. The fraction of sp³-hybridized carbons (Fsp3) is 0.300. The number of ether oxygens (including phenoxy) is 1. The van der Waals surface area contributed by atoms with Crippen molar-refractivity contribution in [2.24, 2.45) is 0 Å². The molecule has 2 aromatic carbocycles. The normalized spacial score (nSPS) is 16.3. The molecule has 14 heteroatoms. The molecule has 3 rings (SSSR count). The molecule has 0 amide bonds. The number of nitriles is 1. The molecule has 182 valence electrons. The van der Waals surface area contributed by atoms with Gasteiger partial charge in [0, 0.05) is 19.7 Å². The van der Waals surface area contributed by atoms with Gasteiger partial charge < -0.3 is 15.2 Å². The Hall–Kier alpha value is -2.30. The highest BCUT2D eigenvalue weighted by Gasteiger charge is 2.32. The standard InChI is InChI=1S/C20H21Cl3N6O4S/c1-33-10-12-4-3-9-29(12)27-34(31,32)19-14(22)7-8-15(18(19)30)26-20(25)28(11-24)16-6-2-5-13(21)17(16)23/h2,5-8,12,27,30H,3-4,9-10H2,1H3,(H2,25,26)/t12-/m1/s1. The Kier molecular flexibility index (Phi) is 8.48. The summed E-state index contributed by atoms with van der Waals surface area (Å²) in [5.41, 5.74) is -0.0432. The molecule has 1 heterocycles. The smallest absolute Gasteiger partial charge is 0.258 e.